The van der Waals surface area contributed by atoms with Crippen LogP contribution in [0.4, 0.5) is 20.5 Å². The fourth-order valence-electron chi connectivity index (χ4n) is 9.82. The molecule has 86 heavy (non-hydrogen) atoms. The number of hydrogen-bond donors (Lipinski definition) is 5. The summed E-state index contributed by atoms with van der Waals surface area (Å²) in [5, 5.41) is 30.0. The van der Waals surface area contributed by atoms with E-state index in [1.165, 1.54) is 34.1 Å². The van der Waals surface area contributed by atoms with Gasteiger partial charge in [0.05, 0.1) is 98.3 Å². The van der Waals surface area contributed by atoms with Gasteiger partial charge in [-0.15, -0.1) is 11.3 Å². The lowest BCUT2D eigenvalue weighted by molar-refractivity contribution is -0.144. The van der Waals surface area contributed by atoms with Crippen LogP contribution in [0.15, 0.2) is 66.7 Å². The fraction of sp³-hybridized carbons (Fsp3) is 0.500. The maximum absolute atomic E-state index is 16.5. The highest BCUT2D eigenvalue weighted by Gasteiger charge is 2.45. The SMILES string of the molecule is C=CC(=O)N1CCN(c2nc(NCCC(=O)N(C)CCOCCOCCOCCOCCOCC(=O)N[C@H](C(=O)N3C[C@H](O)C[C@H]3C(=O)N[C@@H](C)c3ccc(-c4scnc4C)cc3)C(C)(C)C)nc3c(F)c(-c4c(O)cccc4F)c(Cl)cc23)CC1. The Morgan fingerprint density at radius 3 is 2.14 bits per heavy atom. The summed E-state index contributed by atoms with van der Waals surface area (Å²) in [6.45, 7) is 16.5. The number of rotatable bonds is 30. The topological polar surface area (TPSA) is 260 Å². The zero-order valence-corrected chi connectivity index (χ0v) is 50.9. The number of aliphatic hydroxyl groups excluding tert-OH is 1. The third-order valence-electron chi connectivity index (χ3n) is 14.6. The van der Waals surface area contributed by atoms with Gasteiger partial charge in [-0.3, -0.25) is 24.0 Å². The Labute approximate surface area is 508 Å². The van der Waals surface area contributed by atoms with Crippen molar-refractivity contribution >= 4 is 75.1 Å². The first-order valence-corrected chi connectivity index (χ1v) is 29.7. The summed E-state index contributed by atoms with van der Waals surface area (Å²) in [5.74, 6) is -3.87. The van der Waals surface area contributed by atoms with Crippen molar-refractivity contribution in [2.24, 2.45) is 5.41 Å². The monoisotopic (exact) mass is 1230 g/mol. The smallest absolute Gasteiger partial charge is 0.246 e. The highest BCUT2D eigenvalue weighted by Crippen LogP contribution is 2.43. The lowest BCUT2D eigenvalue weighted by atomic mass is 9.85. The van der Waals surface area contributed by atoms with E-state index in [0.29, 0.717) is 65.0 Å². The van der Waals surface area contributed by atoms with Gasteiger partial charge in [0.2, 0.25) is 35.5 Å². The molecule has 4 atom stereocenters. The second-order valence-electron chi connectivity index (χ2n) is 21.8. The highest BCUT2D eigenvalue weighted by molar-refractivity contribution is 7.13. The van der Waals surface area contributed by atoms with Gasteiger partial charge in [0.25, 0.3) is 0 Å². The molecule has 7 rings (SSSR count). The molecule has 22 nitrogen and oxygen atoms in total. The molecule has 0 saturated carbocycles. The molecular weight excluding hydrogens is 1160 g/mol. The number of likely N-dealkylation sites (N-methyl/N-ethyl adjacent to an activating group) is 1. The number of β-amino-alcohol motifs (C(OH)–C–C–N with tert-alkyl or cyclic N) is 1. The van der Waals surface area contributed by atoms with Crippen LogP contribution in [0.25, 0.3) is 32.5 Å². The average molecular weight is 1240 g/mol. The number of fused-ring (bicyclic) bond motifs is 1. The normalized spacial score (nSPS) is 16.0. The lowest BCUT2D eigenvalue weighted by Gasteiger charge is -2.35. The standard InChI is InChI=1S/C60H77ClF2N10O12S/c1-8-48(77)71-18-20-72(21-19-71)56-42-33-43(61)50(51-44(62)10-9-11-46(51)75)52(63)53(42)68-59(69-56)64-17-16-49(78)70(7)22-23-81-24-25-82-26-27-83-28-29-84-30-31-85-35-47(76)67-55(60(4,5)6)58(80)73-34-41(74)32-45(73)57(79)66-37(2)39-12-14-40(15-13-39)54-38(3)65-36-86-54/h8-15,33,36-37,41,45,55,74-75H,1,16-32,34-35H2,2-7H3,(H,66,79)(H,67,76)(H,64,68,69)/t37-,41+,45-,55+/m0/s1. The van der Waals surface area contributed by atoms with E-state index in [4.69, 9.17) is 35.3 Å². The number of halogens is 3. The Hall–Kier alpha value is -6.97. The minimum atomic E-state index is -1.00. The summed E-state index contributed by atoms with van der Waals surface area (Å²) in [4.78, 5) is 86.9. The minimum absolute atomic E-state index is 0.00150. The molecule has 2 fully saturated rings. The second-order valence-corrected chi connectivity index (χ2v) is 23.1. The van der Waals surface area contributed by atoms with Crippen molar-refractivity contribution < 1.29 is 66.7 Å². The van der Waals surface area contributed by atoms with Gasteiger partial charge in [-0.1, -0.05) is 69.3 Å². The first-order chi connectivity index (χ1) is 41.2. The zero-order chi connectivity index (χ0) is 62.1. The highest BCUT2D eigenvalue weighted by atomic mass is 35.5. The molecule has 0 unspecified atom stereocenters. The number of likely N-dealkylation sites (tertiary alicyclic amines) is 1. The van der Waals surface area contributed by atoms with Crippen molar-refractivity contribution in [3.8, 4) is 27.3 Å². The van der Waals surface area contributed by atoms with Crippen LogP contribution >= 0.6 is 22.9 Å². The number of phenols is 1. The number of aromatic nitrogens is 3. The molecule has 0 bridgehead atoms. The summed E-state index contributed by atoms with van der Waals surface area (Å²) < 4.78 is 59.4. The molecule has 0 aliphatic carbocycles. The molecule has 5 aromatic rings. The number of thiazole rings is 1. The van der Waals surface area contributed by atoms with Crippen molar-refractivity contribution in [1.29, 1.82) is 0 Å². The molecule has 2 aliphatic rings. The Morgan fingerprint density at radius 2 is 1.53 bits per heavy atom. The van der Waals surface area contributed by atoms with E-state index < -0.39 is 64.3 Å². The number of carbonyl (C=O) groups excluding carboxylic acids is 5. The zero-order valence-electron chi connectivity index (χ0n) is 49.4. The number of phenolic OH excluding ortho intramolecular Hbond substituents is 1. The van der Waals surface area contributed by atoms with Crippen LogP contribution in [0.2, 0.25) is 5.02 Å². The van der Waals surface area contributed by atoms with Gasteiger partial charge in [-0.2, -0.15) is 4.98 Å². The van der Waals surface area contributed by atoms with Gasteiger partial charge >= 0.3 is 0 Å². The lowest BCUT2D eigenvalue weighted by Crippen LogP contribution is -2.58. The van der Waals surface area contributed by atoms with Crippen molar-refractivity contribution in [3.63, 3.8) is 0 Å². The quantitative estimate of drug-likeness (QED) is 0.0264. The van der Waals surface area contributed by atoms with Crippen molar-refractivity contribution in [1.82, 2.24) is 40.3 Å². The molecule has 0 radical (unpaired) electrons. The van der Waals surface area contributed by atoms with Gasteiger partial charge in [-0.05, 0) is 54.7 Å². The van der Waals surface area contributed by atoms with Crippen molar-refractivity contribution in [2.45, 2.75) is 71.7 Å². The number of nitrogens with zero attached hydrogens (tertiary/aromatic N) is 7. The summed E-state index contributed by atoms with van der Waals surface area (Å²) in [7, 11) is 1.64. The van der Waals surface area contributed by atoms with E-state index in [-0.39, 0.29) is 111 Å². The van der Waals surface area contributed by atoms with Gasteiger partial charge in [0.15, 0.2) is 5.82 Å². The third-order valence-corrected chi connectivity index (χ3v) is 15.8. The van der Waals surface area contributed by atoms with Gasteiger partial charge in [0, 0.05) is 76.7 Å². The Kier molecular flexibility index (Phi) is 24.5. The van der Waals surface area contributed by atoms with Crippen LogP contribution < -0.4 is 20.9 Å². The van der Waals surface area contributed by atoms with Crippen LogP contribution in [-0.2, 0) is 47.7 Å². The summed E-state index contributed by atoms with van der Waals surface area (Å²) >= 11 is 8.14. The number of aromatic hydroxyl groups is 1. The van der Waals surface area contributed by atoms with Crippen LogP contribution in [0.3, 0.4) is 0 Å². The number of benzene rings is 3. The second kappa shape index (κ2) is 31.6. The number of ether oxygens (including phenoxy) is 5. The van der Waals surface area contributed by atoms with E-state index >= 15 is 8.78 Å². The Balaban J connectivity index is 0.735. The van der Waals surface area contributed by atoms with E-state index in [9.17, 15) is 34.2 Å². The van der Waals surface area contributed by atoms with Crippen LogP contribution in [0.1, 0.15) is 57.8 Å². The first-order valence-electron chi connectivity index (χ1n) is 28.5. The van der Waals surface area contributed by atoms with E-state index in [0.717, 1.165) is 27.8 Å². The summed E-state index contributed by atoms with van der Waals surface area (Å²) in [6.07, 6.45) is 0.428. The molecule has 0 spiro atoms. The van der Waals surface area contributed by atoms with Crippen molar-refractivity contribution in [3.05, 3.63) is 94.6 Å². The van der Waals surface area contributed by atoms with Crippen molar-refractivity contribution in [2.75, 3.05) is 129 Å². The number of carbonyl (C=O) groups is 5. The number of aliphatic hydroxyl groups is 1. The average Bonchev–Trinajstić information content (AvgIpc) is 1.10. The predicted molar refractivity (Wildman–Crippen MR) is 322 cm³/mol. The molecule has 3 aromatic carbocycles. The van der Waals surface area contributed by atoms with E-state index in [2.05, 4.69) is 37.5 Å². The molecule has 5 N–H and O–H groups in total. The van der Waals surface area contributed by atoms with Gasteiger partial charge < -0.3 is 69.4 Å². The fourth-order valence-corrected chi connectivity index (χ4v) is 10.9. The first kappa shape index (κ1) is 66.6. The van der Waals surface area contributed by atoms with Gasteiger partial charge in [0.1, 0.15) is 41.6 Å². The van der Waals surface area contributed by atoms with E-state index in [1.54, 1.807) is 28.8 Å². The predicted octanol–water partition coefficient (Wildman–Crippen LogP) is 5.91. The molecule has 4 heterocycles. The summed E-state index contributed by atoms with van der Waals surface area (Å²) in [5.41, 5.74) is 2.95. The molecule has 466 valence electrons. The van der Waals surface area contributed by atoms with Crippen LogP contribution in [0.5, 0.6) is 5.75 Å². The molecule has 2 saturated heterocycles. The van der Waals surface area contributed by atoms with E-state index in [1.807, 2.05) is 63.8 Å². The molecule has 2 aliphatic heterocycles. The molecular formula is C60H77ClF2N10O12S. The summed E-state index contributed by atoms with van der Waals surface area (Å²) in [6, 6.07) is 10.6. The Bertz CT molecular complexity index is 3130. The number of aryl methyl sites for hydroxylation is 1. The Morgan fingerprint density at radius 1 is 0.895 bits per heavy atom. The third kappa shape index (κ3) is 17.8. The van der Waals surface area contributed by atoms with Gasteiger partial charge in [-0.25, -0.2) is 18.7 Å². The number of piperazine rings is 1. The number of anilines is 2. The largest absolute Gasteiger partial charge is 0.507 e. The number of nitrogens with one attached hydrogen (secondary N) is 3. The van der Waals surface area contributed by atoms with Crippen LogP contribution in [0, 0.1) is 24.0 Å². The number of hydrogen-bond acceptors (Lipinski definition) is 18. The van der Waals surface area contributed by atoms with Crippen LogP contribution in [-0.4, -0.2) is 207 Å². The molecule has 2 aromatic heterocycles. The molecule has 5 amide bonds. The number of amides is 5. The maximum atomic E-state index is 16.5. The molecule has 26 heteroatoms. The minimum Gasteiger partial charge on any atom is -0.507 e. The maximum Gasteiger partial charge on any atom is 0.246 e.